The number of carbonyl (C=O) groups excluding carboxylic acids is 1. The van der Waals surface area contributed by atoms with Gasteiger partial charge in [-0.05, 0) is 23.8 Å². The van der Waals surface area contributed by atoms with E-state index in [0.717, 1.165) is 12.1 Å². The van der Waals surface area contributed by atoms with Gasteiger partial charge in [0.05, 0.1) is 6.07 Å². The van der Waals surface area contributed by atoms with Gasteiger partial charge in [0.25, 0.3) is 0 Å². The van der Waals surface area contributed by atoms with Crippen LogP contribution in [0.1, 0.15) is 6.42 Å². The van der Waals surface area contributed by atoms with Crippen molar-refractivity contribution in [3.05, 3.63) is 54.1 Å². The average molecular weight is 272 g/mol. The maximum Gasteiger partial charge on any atom is 0.238 e. The van der Waals surface area contributed by atoms with Gasteiger partial charge in [0.2, 0.25) is 5.91 Å². The number of nitrogens with zero attached hydrogens (tertiary/aromatic N) is 1. The fourth-order valence-corrected chi connectivity index (χ4v) is 1.77. The van der Waals surface area contributed by atoms with Crippen LogP contribution in [-0.4, -0.2) is 5.91 Å². The van der Waals surface area contributed by atoms with Crippen LogP contribution >= 0.6 is 0 Å². The summed E-state index contributed by atoms with van der Waals surface area (Å²) < 4.78 is 26.2. The van der Waals surface area contributed by atoms with Crippen LogP contribution < -0.4 is 5.32 Å². The molecule has 0 saturated carbocycles. The molecule has 20 heavy (non-hydrogen) atoms. The summed E-state index contributed by atoms with van der Waals surface area (Å²) in [4.78, 5) is 11.4. The molecule has 0 radical (unpaired) electrons. The summed E-state index contributed by atoms with van der Waals surface area (Å²) in [5.74, 6) is -2.34. The first kappa shape index (κ1) is 13.7. The minimum absolute atomic E-state index is 0.272. The number of halogens is 2. The van der Waals surface area contributed by atoms with Crippen LogP contribution in [0.5, 0.6) is 0 Å². The summed E-state index contributed by atoms with van der Waals surface area (Å²) in [6, 6.07) is 12.0. The predicted molar refractivity (Wildman–Crippen MR) is 70.7 cm³/mol. The maximum absolute atomic E-state index is 13.3. The highest BCUT2D eigenvalue weighted by Crippen LogP contribution is 2.28. The molecule has 5 heteroatoms. The molecule has 3 nitrogen and oxygen atoms in total. The molecule has 0 aliphatic rings. The molecule has 0 spiro atoms. The third kappa shape index (κ3) is 2.98. The Kier molecular flexibility index (Phi) is 4.06. The van der Waals surface area contributed by atoms with Gasteiger partial charge in [0, 0.05) is 11.3 Å². The molecule has 0 saturated heterocycles. The number of anilines is 1. The predicted octanol–water partition coefficient (Wildman–Crippen LogP) is 3.48. The average Bonchev–Trinajstić information content (AvgIpc) is 2.43. The fraction of sp³-hybridized carbons (Fsp3) is 0.0667. The molecule has 2 aromatic carbocycles. The van der Waals surface area contributed by atoms with Crippen LogP contribution in [0.4, 0.5) is 14.5 Å². The second kappa shape index (κ2) is 5.93. The Balaban J connectivity index is 2.39. The van der Waals surface area contributed by atoms with E-state index in [0.29, 0.717) is 16.8 Å². The van der Waals surface area contributed by atoms with Gasteiger partial charge in [-0.3, -0.25) is 4.79 Å². The van der Waals surface area contributed by atoms with Crippen LogP contribution in [0.2, 0.25) is 0 Å². The third-order valence-electron chi connectivity index (χ3n) is 2.67. The fourth-order valence-electron chi connectivity index (χ4n) is 1.77. The number of amides is 1. The molecular formula is C15H10F2N2O. The van der Waals surface area contributed by atoms with E-state index >= 15 is 0 Å². The molecule has 100 valence electrons. The Labute approximate surface area is 114 Å². The van der Waals surface area contributed by atoms with E-state index in [9.17, 15) is 13.6 Å². The molecule has 0 aliphatic carbocycles. The second-order valence-electron chi connectivity index (χ2n) is 4.06. The molecule has 0 atom stereocenters. The minimum Gasteiger partial charge on any atom is -0.325 e. The highest BCUT2D eigenvalue weighted by molar-refractivity contribution is 5.96. The van der Waals surface area contributed by atoms with Crippen molar-refractivity contribution >= 4 is 11.6 Å². The lowest BCUT2D eigenvalue weighted by Crippen LogP contribution is -2.10. The SMILES string of the molecule is N#CCC(=O)Nc1ccccc1-c1ccc(F)c(F)c1. The Bertz CT molecular complexity index is 693. The van der Waals surface area contributed by atoms with E-state index in [2.05, 4.69) is 5.32 Å². The highest BCUT2D eigenvalue weighted by atomic mass is 19.2. The molecule has 1 N–H and O–H groups in total. The van der Waals surface area contributed by atoms with Gasteiger partial charge in [-0.1, -0.05) is 24.3 Å². The molecule has 1 amide bonds. The van der Waals surface area contributed by atoms with Gasteiger partial charge in [-0.25, -0.2) is 8.78 Å². The van der Waals surface area contributed by atoms with Gasteiger partial charge in [0.15, 0.2) is 11.6 Å². The molecular weight excluding hydrogens is 262 g/mol. The van der Waals surface area contributed by atoms with Crippen LogP contribution in [0, 0.1) is 23.0 Å². The molecule has 0 aromatic heterocycles. The van der Waals surface area contributed by atoms with E-state index < -0.39 is 17.5 Å². The van der Waals surface area contributed by atoms with Gasteiger partial charge in [0.1, 0.15) is 6.42 Å². The largest absolute Gasteiger partial charge is 0.325 e. The molecule has 0 fully saturated rings. The zero-order valence-electron chi connectivity index (χ0n) is 10.4. The quantitative estimate of drug-likeness (QED) is 0.929. The van der Waals surface area contributed by atoms with E-state index in [1.807, 2.05) is 0 Å². The molecule has 0 heterocycles. The van der Waals surface area contributed by atoms with Crippen LogP contribution in [0.25, 0.3) is 11.1 Å². The summed E-state index contributed by atoms with van der Waals surface area (Å²) in [5, 5.41) is 11.0. The Morgan fingerprint density at radius 3 is 2.60 bits per heavy atom. The monoisotopic (exact) mass is 272 g/mol. The van der Waals surface area contributed by atoms with Crippen molar-refractivity contribution in [2.24, 2.45) is 0 Å². The standard InChI is InChI=1S/C15H10F2N2O/c16-12-6-5-10(9-13(12)17)11-3-1-2-4-14(11)19-15(20)7-8-18/h1-6,9H,7H2,(H,19,20). The summed E-state index contributed by atoms with van der Waals surface area (Å²) in [5.41, 5.74) is 1.44. The molecule has 0 unspecified atom stereocenters. The molecule has 0 aliphatic heterocycles. The van der Waals surface area contributed by atoms with Crippen molar-refractivity contribution in [2.45, 2.75) is 6.42 Å². The van der Waals surface area contributed by atoms with Gasteiger partial charge in [-0.15, -0.1) is 0 Å². The van der Waals surface area contributed by atoms with E-state index in [4.69, 9.17) is 5.26 Å². The number of carbonyl (C=O) groups is 1. The number of hydrogen-bond acceptors (Lipinski definition) is 2. The van der Waals surface area contributed by atoms with Gasteiger partial charge < -0.3 is 5.32 Å². The first-order valence-corrected chi connectivity index (χ1v) is 5.83. The van der Waals surface area contributed by atoms with Gasteiger partial charge in [-0.2, -0.15) is 5.26 Å². The number of rotatable bonds is 3. The van der Waals surface area contributed by atoms with Crippen LogP contribution in [0.15, 0.2) is 42.5 Å². The normalized spacial score (nSPS) is 9.85. The lowest BCUT2D eigenvalue weighted by molar-refractivity contribution is -0.115. The molecule has 0 bridgehead atoms. The van der Waals surface area contributed by atoms with Crippen molar-refractivity contribution in [1.29, 1.82) is 5.26 Å². The number of hydrogen-bond donors (Lipinski definition) is 1. The van der Waals surface area contributed by atoms with Gasteiger partial charge >= 0.3 is 0 Å². The minimum atomic E-state index is -0.958. The van der Waals surface area contributed by atoms with Crippen molar-refractivity contribution in [1.82, 2.24) is 0 Å². The number of nitrogens with one attached hydrogen (secondary N) is 1. The van der Waals surface area contributed by atoms with E-state index in [-0.39, 0.29) is 6.42 Å². The van der Waals surface area contributed by atoms with Crippen LogP contribution in [-0.2, 0) is 4.79 Å². The van der Waals surface area contributed by atoms with Crippen molar-refractivity contribution < 1.29 is 13.6 Å². The van der Waals surface area contributed by atoms with Crippen molar-refractivity contribution in [3.8, 4) is 17.2 Å². The van der Waals surface area contributed by atoms with Crippen molar-refractivity contribution in [2.75, 3.05) is 5.32 Å². The second-order valence-corrected chi connectivity index (χ2v) is 4.06. The molecule has 2 rings (SSSR count). The summed E-state index contributed by atoms with van der Waals surface area (Å²) in [7, 11) is 0. The Morgan fingerprint density at radius 1 is 1.15 bits per heavy atom. The smallest absolute Gasteiger partial charge is 0.238 e. The molecule has 2 aromatic rings. The summed E-state index contributed by atoms with van der Waals surface area (Å²) in [6.07, 6.45) is -0.272. The lowest BCUT2D eigenvalue weighted by atomic mass is 10.0. The third-order valence-corrected chi connectivity index (χ3v) is 2.67. The van der Waals surface area contributed by atoms with Crippen molar-refractivity contribution in [3.63, 3.8) is 0 Å². The zero-order valence-corrected chi connectivity index (χ0v) is 10.4. The van der Waals surface area contributed by atoms with E-state index in [1.54, 1.807) is 30.3 Å². The zero-order chi connectivity index (χ0) is 14.5. The maximum atomic E-state index is 13.3. The summed E-state index contributed by atoms with van der Waals surface area (Å²) >= 11 is 0. The lowest BCUT2D eigenvalue weighted by Gasteiger charge is -2.10. The first-order valence-electron chi connectivity index (χ1n) is 5.83. The highest BCUT2D eigenvalue weighted by Gasteiger charge is 2.10. The number of benzene rings is 2. The number of para-hydroxylation sites is 1. The summed E-state index contributed by atoms with van der Waals surface area (Å²) in [6.45, 7) is 0. The first-order chi connectivity index (χ1) is 9.61. The topological polar surface area (TPSA) is 52.9 Å². The van der Waals surface area contributed by atoms with E-state index in [1.165, 1.54) is 6.07 Å². The number of nitriles is 1. The Morgan fingerprint density at radius 2 is 1.90 bits per heavy atom. The Hall–Kier alpha value is -2.74. The van der Waals surface area contributed by atoms with Crippen LogP contribution in [0.3, 0.4) is 0 Å².